The highest BCUT2D eigenvalue weighted by Crippen LogP contribution is 2.29. The average Bonchev–Trinajstić information content (AvgIpc) is 3.05. The van der Waals surface area contributed by atoms with Crippen LogP contribution in [0.25, 0.3) is 0 Å². The second-order valence-electron chi connectivity index (χ2n) is 4.02. The third-order valence-corrected chi connectivity index (χ3v) is 2.58. The van der Waals surface area contributed by atoms with E-state index in [9.17, 15) is 9.59 Å². The lowest BCUT2D eigenvalue weighted by Gasteiger charge is -2.21. The predicted molar refractivity (Wildman–Crippen MR) is 57.0 cm³/mol. The number of carbonyl (C=O) groups excluding carboxylic acids is 1. The lowest BCUT2D eigenvalue weighted by atomic mass is 10.3. The first kappa shape index (κ1) is 12.8. The molecular formula is C10H18N2O4. The van der Waals surface area contributed by atoms with E-state index in [1.165, 1.54) is 0 Å². The summed E-state index contributed by atoms with van der Waals surface area (Å²) in [5.41, 5.74) is 0. The van der Waals surface area contributed by atoms with Crippen LogP contribution in [0.5, 0.6) is 0 Å². The van der Waals surface area contributed by atoms with Crippen LogP contribution >= 0.6 is 0 Å². The Bertz CT molecular complexity index is 266. The van der Waals surface area contributed by atoms with Crippen molar-refractivity contribution in [3.05, 3.63) is 0 Å². The minimum absolute atomic E-state index is 0.255. The van der Waals surface area contributed by atoms with E-state index in [0.29, 0.717) is 19.0 Å². The molecule has 0 unspecified atom stereocenters. The second kappa shape index (κ2) is 5.69. The summed E-state index contributed by atoms with van der Waals surface area (Å²) in [5.74, 6) is -0.736. The number of hydrogen-bond acceptors (Lipinski definition) is 3. The summed E-state index contributed by atoms with van der Waals surface area (Å²) in [7, 11) is 0. The van der Waals surface area contributed by atoms with E-state index in [1.807, 2.05) is 6.92 Å². The Morgan fingerprint density at radius 3 is 2.56 bits per heavy atom. The van der Waals surface area contributed by atoms with Crippen LogP contribution in [0.4, 0.5) is 4.79 Å². The average molecular weight is 230 g/mol. The van der Waals surface area contributed by atoms with Gasteiger partial charge in [0.25, 0.3) is 0 Å². The Morgan fingerprint density at radius 1 is 1.50 bits per heavy atom. The molecule has 1 saturated carbocycles. The first-order valence-electron chi connectivity index (χ1n) is 5.48. The van der Waals surface area contributed by atoms with Gasteiger partial charge in [0, 0.05) is 13.1 Å². The van der Waals surface area contributed by atoms with Crippen molar-refractivity contribution >= 4 is 12.0 Å². The molecule has 1 atom stereocenters. The van der Waals surface area contributed by atoms with Gasteiger partial charge in [0.15, 0.2) is 6.10 Å². The third-order valence-electron chi connectivity index (χ3n) is 2.58. The fourth-order valence-electron chi connectivity index (χ4n) is 1.35. The van der Waals surface area contributed by atoms with Gasteiger partial charge in [0.1, 0.15) is 0 Å². The van der Waals surface area contributed by atoms with Crippen LogP contribution in [0.3, 0.4) is 0 Å². The molecule has 6 heteroatoms. The van der Waals surface area contributed by atoms with Crippen LogP contribution in [0.2, 0.25) is 0 Å². The van der Waals surface area contributed by atoms with Crippen molar-refractivity contribution in [3.8, 4) is 0 Å². The molecular weight excluding hydrogens is 212 g/mol. The summed E-state index contributed by atoms with van der Waals surface area (Å²) in [6.07, 6.45) is 0.770. The number of rotatable bonds is 6. The summed E-state index contributed by atoms with van der Waals surface area (Å²) >= 11 is 0. The maximum absolute atomic E-state index is 11.6. The Kier molecular flexibility index (Phi) is 4.54. The van der Waals surface area contributed by atoms with Gasteiger partial charge in [-0.05, 0) is 25.7 Å². The molecule has 92 valence electrons. The molecule has 0 heterocycles. The maximum atomic E-state index is 11.6. The minimum atomic E-state index is -1.54. The molecule has 0 radical (unpaired) electrons. The van der Waals surface area contributed by atoms with Crippen molar-refractivity contribution in [1.82, 2.24) is 10.2 Å². The van der Waals surface area contributed by atoms with Crippen LogP contribution in [-0.2, 0) is 4.79 Å². The van der Waals surface area contributed by atoms with Gasteiger partial charge in [-0.15, -0.1) is 0 Å². The molecule has 0 bridgehead atoms. The van der Waals surface area contributed by atoms with Crippen LogP contribution in [0.1, 0.15) is 19.8 Å². The smallest absolute Gasteiger partial charge is 0.334 e. The van der Waals surface area contributed by atoms with Crippen LogP contribution in [-0.4, -0.2) is 52.9 Å². The largest absolute Gasteiger partial charge is 0.479 e. The number of hydrogen-bond donors (Lipinski definition) is 3. The van der Waals surface area contributed by atoms with Crippen molar-refractivity contribution < 1.29 is 19.8 Å². The highest BCUT2D eigenvalue weighted by molar-refractivity contribution is 5.76. The summed E-state index contributed by atoms with van der Waals surface area (Å²) in [6, 6.07) is -0.310. The van der Waals surface area contributed by atoms with E-state index in [4.69, 9.17) is 10.2 Å². The normalized spacial score (nSPS) is 16.6. The maximum Gasteiger partial charge on any atom is 0.334 e. The molecule has 0 aromatic heterocycles. The van der Waals surface area contributed by atoms with Crippen molar-refractivity contribution in [1.29, 1.82) is 0 Å². The molecule has 6 nitrogen and oxygen atoms in total. The third kappa shape index (κ3) is 4.06. The molecule has 3 N–H and O–H groups in total. The number of aliphatic carboxylic acids is 1. The molecule has 2 amide bonds. The first-order chi connectivity index (χ1) is 7.54. The Hall–Kier alpha value is -1.30. The number of carboxylic acids is 1. The summed E-state index contributed by atoms with van der Waals surface area (Å²) in [5, 5.41) is 19.8. The highest BCUT2D eigenvalue weighted by Gasteiger charge is 2.26. The Labute approximate surface area is 94.2 Å². The van der Waals surface area contributed by atoms with E-state index in [1.54, 1.807) is 4.90 Å². The zero-order valence-electron chi connectivity index (χ0n) is 9.35. The topological polar surface area (TPSA) is 89.9 Å². The SMILES string of the molecule is CCN(CC1CC1)C(=O)NC[C@H](O)C(=O)O. The number of nitrogens with zero attached hydrogens (tertiary/aromatic N) is 1. The van der Waals surface area contributed by atoms with Crippen molar-refractivity contribution in [2.75, 3.05) is 19.6 Å². The van der Waals surface area contributed by atoms with Gasteiger partial charge in [-0.1, -0.05) is 0 Å². The molecule has 1 aliphatic rings. The fraction of sp³-hybridized carbons (Fsp3) is 0.800. The lowest BCUT2D eigenvalue weighted by Crippen LogP contribution is -2.45. The molecule has 1 fully saturated rings. The van der Waals surface area contributed by atoms with Gasteiger partial charge in [-0.2, -0.15) is 0 Å². The quantitative estimate of drug-likeness (QED) is 0.593. The van der Waals surface area contributed by atoms with Crippen molar-refractivity contribution in [2.24, 2.45) is 5.92 Å². The molecule has 1 rings (SSSR count). The number of amides is 2. The molecule has 16 heavy (non-hydrogen) atoms. The van der Waals surface area contributed by atoms with Crippen LogP contribution in [0, 0.1) is 5.92 Å². The Morgan fingerprint density at radius 2 is 2.12 bits per heavy atom. The number of urea groups is 1. The molecule has 0 saturated heterocycles. The molecule has 0 spiro atoms. The second-order valence-corrected chi connectivity index (χ2v) is 4.02. The van der Waals surface area contributed by atoms with E-state index >= 15 is 0 Å². The van der Waals surface area contributed by atoms with Crippen LogP contribution in [0.15, 0.2) is 0 Å². The van der Waals surface area contributed by atoms with Crippen LogP contribution < -0.4 is 5.32 Å². The number of nitrogens with one attached hydrogen (secondary N) is 1. The fourth-order valence-corrected chi connectivity index (χ4v) is 1.35. The summed E-state index contributed by atoms with van der Waals surface area (Å²) < 4.78 is 0. The molecule has 0 aromatic carbocycles. The summed E-state index contributed by atoms with van der Waals surface area (Å²) in [6.45, 7) is 2.92. The van der Waals surface area contributed by atoms with Gasteiger partial charge in [-0.3, -0.25) is 0 Å². The first-order valence-corrected chi connectivity index (χ1v) is 5.48. The number of aliphatic hydroxyl groups is 1. The lowest BCUT2D eigenvalue weighted by molar-refractivity contribution is -0.146. The van der Waals surface area contributed by atoms with E-state index in [0.717, 1.165) is 12.8 Å². The van der Waals surface area contributed by atoms with Crippen molar-refractivity contribution in [2.45, 2.75) is 25.9 Å². The van der Waals surface area contributed by atoms with Gasteiger partial charge in [-0.25, -0.2) is 9.59 Å². The summed E-state index contributed by atoms with van der Waals surface area (Å²) in [4.78, 5) is 23.5. The van der Waals surface area contributed by atoms with E-state index in [-0.39, 0.29) is 12.6 Å². The number of aliphatic hydroxyl groups excluding tert-OH is 1. The van der Waals surface area contributed by atoms with Gasteiger partial charge in [0.05, 0.1) is 6.54 Å². The Balaban J connectivity index is 2.28. The zero-order valence-corrected chi connectivity index (χ0v) is 9.35. The highest BCUT2D eigenvalue weighted by atomic mass is 16.4. The van der Waals surface area contributed by atoms with Gasteiger partial charge in [0.2, 0.25) is 0 Å². The zero-order chi connectivity index (χ0) is 12.1. The van der Waals surface area contributed by atoms with Crippen molar-refractivity contribution in [3.63, 3.8) is 0 Å². The number of carboxylic acid groups (broad SMARTS) is 1. The standard InChI is InChI=1S/C10H18N2O4/c1-2-12(6-7-3-4-7)10(16)11-5-8(13)9(14)15/h7-8,13H,2-6H2,1H3,(H,11,16)(H,14,15)/t8-/m0/s1. The minimum Gasteiger partial charge on any atom is -0.479 e. The number of carbonyl (C=O) groups is 2. The monoisotopic (exact) mass is 230 g/mol. The van der Waals surface area contributed by atoms with E-state index < -0.39 is 12.1 Å². The molecule has 1 aliphatic carbocycles. The van der Waals surface area contributed by atoms with Gasteiger partial charge >= 0.3 is 12.0 Å². The molecule has 0 aromatic rings. The predicted octanol–water partition coefficient (Wildman–Crippen LogP) is -0.127. The van der Waals surface area contributed by atoms with E-state index in [2.05, 4.69) is 5.32 Å². The molecule has 0 aliphatic heterocycles. The van der Waals surface area contributed by atoms with Gasteiger partial charge < -0.3 is 20.4 Å².